The van der Waals surface area contributed by atoms with Gasteiger partial charge in [0.2, 0.25) is 0 Å². The minimum absolute atomic E-state index is 0. The molecule has 1 saturated carbocycles. The van der Waals surface area contributed by atoms with Crippen molar-refractivity contribution >= 4 is 35.5 Å². The highest BCUT2D eigenvalue weighted by atomic mass is 35.5. The lowest BCUT2D eigenvalue weighted by molar-refractivity contribution is -0.137. The lowest BCUT2D eigenvalue weighted by Gasteiger charge is -2.36. The lowest BCUT2D eigenvalue weighted by atomic mass is 10.1. The number of hydrogen-bond acceptors (Lipinski definition) is 4. The zero-order valence-electron chi connectivity index (χ0n) is 17.3. The summed E-state index contributed by atoms with van der Waals surface area (Å²) in [4.78, 5) is 9.17. The minimum Gasteiger partial charge on any atom is -0.340 e. The van der Waals surface area contributed by atoms with Gasteiger partial charge in [0.05, 0.1) is 16.9 Å². The molecule has 0 bridgehead atoms. The first-order valence-electron chi connectivity index (χ1n) is 10.7. The number of rotatable bonds is 5. The van der Waals surface area contributed by atoms with Crippen LogP contribution in [-0.4, -0.2) is 55.1 Å². The number of para-hydroxylation sites is 1. The fraction of sp³-hybridized carbons (Fsp3) is 0.478. The van der Waals surface area contributed by atoms with Gasteiger partial charge in [0.1, 0.15) is 0 Å². The summed E-state index contributed by atoms with van der Waals surface area (Å²) in [5.74, 6) is 0. The predicted octanol–water partition coefficient (Wildman–Crippen LogP) is 5.90. The first-order valence-corrected chi connectivity index (χ1v) is 11.5. The third-order valence-electron chi connectivity index (χ3n) is 6.28. The van der Waals surface area contributed by atoms with Crippen LogP contribution >= 0.6 is 24.2 Å². The Balaban J connectivity index is 0.00000231. The molecular weight excluding hydrogens is 443 g/mol. The lowest BCUT2D eigenvalue weighted by Crippen LogP contribution is -2.47. The van der Waals surface area contributed by atoms with Gasteiger partial charge in [0.25, 0.3) is 0 Å². The Bertz CT molecular complexity index is 911. The number of piperazine rings is 1. The number of anilines is 2. The van der Waals surface area contributed by atoms with Gasteiger partial charge in [0, 0.05) is 48.6 Å². The Morgan fingerprint density at radius 3 is 2.29 bits per heavy atom. The summed E-state index contributed by atoms with van der Waals surface area (Å²) in [5.41, 5.74) is 1.10. The summed E-state index contributed by atoms with van der Waals surface area (Å²) in [7, 11) is 0. The molecule has 0 amide bonds. The van der Waals surface area contributed by atoms with Crippen molar-refractivity contribution in [1.29, 1.82) is 0 Å². The van der Waals surface area contributed by atoms with Crippen LogP contribution in [0, 0.1) is 0 Å². The molecule has 8 heteroatoms. The summed E-state index contributed by atoms with van der Waals surface area (Å²) >= 11 is 1.55. The van der Waals surface area contributed by atoms with Crippen molar-refractivity contribution in [2.75, 3.05) is 44.2 Å². The van der Waals surface area contributed by atoms with Gasteiger partial charge in [-0.1, -0.05) is 23.9 Å². The van der Waals surface area contributed by atoms with Crippen molar-refractivity contribution < 1.29 is 13.2 Å². The molecule has 3 aliphatic rings. The molecule has 1 aliphatic carbocycles. The molecule has 5 rings (SSSR count). The van der Waals surface area contributed by atoms with E-state index in [2.05, 4.69) is 14.7 Å². The van der Waals surface area contributed by atoms with Crippen LogP contribution in [0.15, 0.2) is 52.3 Å². The molecule has 0 aromatic heterocycles. The van der Waals surface area contributed by atoms with Gasteiger partial charge in [-0.15, -0.1) is 12.4 Å². The Morgan fingerprint density at radius 2 is 1.58 bits per heavy atom. The Kier molecular flexibility index (Phi) is 6.77. The van der Waals surface area contributed by atoms with Crippen molar-refractivity contribution in [3.8, 4) is 0 Å². The standard InChI is InChI=1S/C23H26F3N3S.ClH/c24-23(25,26)17-6-9-22-20(16-17)29(19-4-1-2-5-21(19)30-22)11-3-10-27-12-14-28(15-13-27)18-7-8-18;/h1-2,4-6,9,16,18H,3,7-8,10-15H2;1H. The number of hydrogen-bond donors (Lipinski definition) is 0. The monoisotopic (exact) mass is 469 g/mol. The van der Waals surface area contributed by atoms with E-state index < -0.39 is 11.7 Å². The van der Waals surface area contributed by atoms with Crippen LogP contribution in [0.5, 0.6) is 0 Å². The molecular formula is C23H27ClF3N3S. The van der Waals surface area contributed by atoms with Crippen LogP contribution in [0.1, 0.15) is 24.8 Å². The van der Waals surface area contributed by atoms with Gasteiger partial charge < -0.3 is 9.80 Å². The summed E-state index contributed by atoms with van der Waals surface area (Å²) in [5, 5.41) is 0. The first kappa shape index (κ1) is 22.8. The maximum absolute atomic E-state index is 13.3. The second kappa shape index (κ2) is 9.22. The SMILES string of the molecule is Cl.FC(F)(F)c1ccc2c(c1)N(CCCN1CCN(C3CC3)CC1)c1ccccc1S2. The highest BCUT2D eigenvalue weighted by molar-refractivity contribution is 7.99. The predicted molar refractivity (Wildman–Crippen MR) is 122 cm³/mol. The van der Waals surface area contributed by atoms with Crippen molar-refractivity contribution in [3.05, 3.63) is 48.0 Å². The molecule has 0 N–H and O–H groups in total. The molecule has 31 heavy (non-hydrogen) atoms. The fourth-order valence-corrected chi connectivity index (χ4v) is 5.57. The highest BCUT2D eigenvalue weighted by Crippen LogP contribution is 2.49. The Hall–Kier alpha value is -1.41. The molecule has 2 aliphatic heterocycles. The van der Waals surface area contributed by atoms with Gasteiger partial charge >= 0.3 is 6.18 Å². The van der Waals surface area contributed by atoms with E-state index in [1.807, 2.05) is 24.3 Å². The maximum Gasteiger partial charge on any atom is 0.416 e. The molecule has 2 aromatic rings. The largest absolute Gasteiger partial charge is 0.416 e. The average Bonchev–Trinajstić information content (AvgIpc) is 3.58. The van der Waals surface area contributed by atoms with Gasteiger partial charge in [-0.25, -0.2) is 0 Å². The van der Waals surface area contributed by atoms with Crippen molar-refractivity contribution in [2.45, 2.75) is 41.3 Å². The zero-order valence-corrected chi connectivity index (χ0v) is 18.9. The van der Waals surface area contributed by atoms with E-state index in [-0.39, 0.29) is 12.4 Å². The van der Waals surface area contributed by atoms with E-state index in [0.717, 1.165) is 60.7 Å². The number of benzene rings is 2. The van der Waals surface area contributed by atoms with Crippen molar-refractivity contribution in [1.82, 2.24) is 9.80 Å². The van der Waals surface area contributed by atoms with E-state index in [9.17, 15) is 13.2 Å². The van der Waals surface area contributed by atoms with Crippen LogP contribution in [0.2, 0.25) is 0 Å². The molecule has 0 atom stereocenters. The quantitative estimate of drug-likeness (QED) is 0.539. The molecule has 0 radical (unpaired) electrons. The van der Waals surface area contributed by atoms with E-state index >= 15 is 0 Å². The average molecular weight is 470 g/mol. The van der Waals surface area contributed by atoms with Gasteiger partial charge in [-0.2, -0.15) is 13.2 Å². The van der Waals surface area contributed by atoms with E-state index in [4.69, 9.17) is 0 Å². The summed E-state index contributed by atoms with van der Waals surface area (Å²) in [6.07, 6.45) is -0.695. The second-order valence-corrected chi connectivity index (χ2v) is 9.45. The maximum atomic E-state index is 13.3. The van der Waals surface area contributed by atoms with Gasteiger partial charge in [-0.3, -0.25) is 4.90 Å². The van der Waals surface area contributed by atoms with Crippen LogP contribution in [0.3, 0.4) is 0 Å². The summed E-state index contributed by atoms with van der Waals surface area (Å²) < 4.78 is 40.0. The van der Waals surface area contributed by atoms with Crippen LogP contribution in [-0.2, 0) is 6.18 Å². The van der Waals surface area contributed by atoms with Crippen molar-refractivity contribution in [3.63, 3.8) is 0 Å². The molecule has 2 heterocycles. The van der Waals surface area contributed by atoms with E-state index in [1.54, 1.807) is 17.8 Å². The summed E-state index contributed by atoms with van der Waals surface area (Å²) in [6, 6.07) is 13.0. The molecule has 2 fully saturated rings. The minimum atomic E-state index is -4.33. The molecule has 3 nitrogen and oxygen atoms in total. The third-order valence-corrected chi connectivity index (χ3v) is 7.41. The van der Waals surface area contributed by atoms with Gasteiger partial charge in [0.15, 0.2) is 0 Å². The number of alkyl halides is 3. The van der Waals surface area contributed by atoms with Crippen LogP contribution < -0.4 is 4.90 Å². The zero-order chi connectivity index (χ0) is 20.7. The van der Waals surface area contributed by atoms with Crippen LogP contribution in [0.4, 0.5) is 24.5 Å². The third kappa shape index (κ3) is 5.00. The molecule has 0 unspecified atom stereocenters. The molecule has 0 spiro atoms. The Labute approximate surface area is 192 Å². The number of halogens is 4. The van der Waals surface area contributed by atoms with Crippen LogP contribution in [0.25, 0.3) is 0 Å². The molecule has 1 saturated heterocycles. The van der Waals surface area contributed by atoms with Gasteiger partial charge in [-0.05, 0) is 56.1 Å². The van der Waals surface area contributed by atoms with E-state index in [1.165, 1.54) is 25.0 Å². The van der Waals surface area contributed by atoms with Crippen molar-refractivity contribution in [2.24, 2.45) is 0 Å². The fourth-order valence-electron chi connectivity index (χ4n) is 4.49. The molecule has 2 aromatic carbocycles. The summed E-state index contributed by atoms with van der Waals surface area (Å²) in [6.45, 7) is 6.18. The highest BCUT2D eigenvalue weighted by Gasteiger charge is 2.34. The normalized spacial score (nSPS) is 19.5. The Morgan fingerprint density at radius 1 is 0.871 bits per heavy atom. The second-order valence-electron chi connectivity index (χ2n) is 8.36. The van der Waals surface area contributed by atoms with E-state index in [0.29, 0.717) is 12.2 Å². The first-order chi connectivity index (χ1) is 14.5. The smallest absolute Gasteiger partial charge is 0.340 e. The molecule has 168 valence electrons. The topological polar surface area (TPSA) is 9.72 Å². The number of nitrogens with zero attached hydrogens (tertiary/aromatic N) is 3. The number of fused-ring (bicyclic) bond motifs is 2.